The van der Waals surface area contributed by atoms with Gasteiger partial charge in [-0.15, -0.1) is 0 Å². The molecule has 1 aliphatic rings. The highest BCUT2D eigenvalue weighted by molar-refractivity contribution is 5.66. The second kappa shape index (κ2) is 10.1. The van der Waals surface area contributed by atoms with Crippen LogP contribution in [0.25, 0.3) is 16.9 Å². The second-order valence-electron chi connectivity index (χ2n) is 8.27. The molecular weight excluding hydrogens is 428 g/mol. The maximum absolute atomic E-state index is 5.99. The highest BCUT2D eigenvalue weighted by Gasteiger charge is 2.15. The maximum Gasteiger partial charge on any atom is 0.162 e. The van der Waals surface area contributed by atoms with E-state index in [-0.39, 0.29) is 0 Å². The first kappa shape index (κ1) is 22.2. The summed E-state index contributed by atoms with van der Waals surface area (Å²) in [5, 5.41) is 4.82. The zero-order valence-corrected chi connectivity index (χ0v) is 19.7. The number of ether oxygens (including phenoxy) is 3. The molecule has 0 saturated heterocycles. The van der Waals surface area contributed by atoms with Crippen molar-refractivity contribution in [2.24, 2.45) is 0 Å². The predicted octanol–water partition coefficient (Wildman–Crippen LogP) is 4.48. The van der Waals surface area contributed by atoms with Gasteiger partial charge in [-0.05, 0) is 61.1 Å². The Bertz CT molecular complexity index is 1270. The molecule has 0 aliphatic carbocycles. The van der Waals surface area contributed by atoms with E-state index in [9.17, 15) is 0 Å². The lowest BCUT2D eigenvalue weighted by Crippen LogP contribution is -2.27. The van der Waals surface area contributed by atoms with Gasteiger partial charge in [0.05, 0.1) is 5.69 Å². The maximum atomic E-state index is 5.99. The Hall–Kier alpha value is -3.58. The van der Waals surface area contributed by atoms with Gasteiger partial charge >= 0.3 is 0 Å². The van der Waals surface area contributed by atoms with Crippen LogP contribution in [0.5, 0.6) is 17.2 Å². The molecule has 3 heterocycles. The van der Waals surface area contributed by atoms with Gasteiger partial charge in [-0.1, -0.05) is 32.0 Å². The zero-order valence-electron chi connectivity index (χ0n) is 19.7. The quantitative estimate of drug-likeness (QED) is 0.369. The van der Waals surface area contributed by atoms with Crippen molar-refractivity contribution in [3.05, 3.63) is 72.1 Å². The predicted molar refractivity (Wildman–Crippen MR) is 132 cm³/mol. The van der Waals surface area contributed by atoms with Crippen LogP contribution in [0.1, 0.15) is 25.2 Å². The summed E-state index contributed by atoms with van der Waals surface area (Å²) in [5.41, 5.74) is 3.91. The topological polar surface area (TPSA) is 61.1 Å². The highest BCUT2D eigenvalue weighted by atomic mass is 16.6. The van der Waals surface area contributed by atoms with Crippen LogP contribution in [0.4, 0.5) is 0 Å². The molecule has 7 heteroatoms. The summed E-state index contributed by atoms with van der Waals surface area (Å²) >= 11 is 0. The number of benzene rings is 2. The standard InChI is InChI=1S/C27H30N4O3/c1-3-30(4-2)13-14-32-22-8-5-7-20(17-22)18-26-28-27-10-6-9-23(31(27)29-26)21-11-12-24-25(19-21)34-16-15-33-24/h5-12,17,19H,3-4,13-16,18H2,1-2H3. The van der Waals surface area contributed by atoms with Crippen molar-refractivity contribution < 1.29 is 14.2 Å². The van der Waals surface area contributed by atoms with Gasteiger partial charge in [0.2, 0.25) is 0 Å². The molecule has 176 valence electrons. The first-order valence-corrected chi connectivity index (χ1v) is 11.9. The van der Waals surface area contributed by atoms with Gasteiger partial charge in [0.1, 0.15) is 25.6 Å². The lowest BCUT2D eigenvalue weighted by molar-refractivity contribution is 0.171. The Labute approximate surface area is 199 Å². The Morgan fingerprint density at radius 3 is 2.62 bits per heavy atom. The molecule has 0 bridgehead atoms. The van der Waals surface area contributed by atoms with Gasteiger partial charge in [-0.25, -0.2) is 9.50 Å². The van der Waals surface area contributed by atoms with E-state index in [1.54, 1.807) is 0 Å². The van der Waals surface area contributed by atoms with Crippen LogP contribution < -0.4 is 14.2 Å². The largest absolute Gasteiger partial charge is 0.492 e. The van der Waals surface area contributed by atoms with E-state index in [1.807, 2.05) is 53.0 Å². The zero-order chi connectivity index (χ0) is 23.3. The molecule has 2 aromatic heterocycles. The molecular formula is C27H30N4O3. The van der Waals surface area contributed by atoms with Gasteiger partial charge in [0, 0.05) is 18.5 Å². The van der Waals surface area contributed by atoms with Crippen LogP contribution in [-0.4, -0.2) is 59.0 Å². The Morgan fingerprint density at radius 2 is 1.76 bits per heavy atom. The fourth-order valence-corrected chi connectivity index (χ4v) is 4.21. The summed E-state index contributed by atoms with van der Waals surface area (Å²) in [7, 11) is 0. The van der Waals surface area contributed by atoms with Crippen molar-refractivity contribution in [1.82, 2.24) is 19.5 Å². The lowest BCUT2D eigenvalue weighted by Gasteiger charge is -2.19. The first-order chi connectivity index (χ1) is 16.7. The third-order valence-corrected chi connectivity index (χ3v) is 6.07. The Kier molecular flexibility index (Phi) is 6.62. The Morgan fingerprint density at radius 1 is 0.941 bits per heavy atom. The van der Waals surface area contributed by atoms with Crippen LogP contribution >= 0.6 is 0 Å². The van der Waals surface area contributed by atoms with Gasteiger partial charge in [0.15, 0.2) is 23.0 Å². The van der Waals surface area contributed by atoms with Crippen molar-refractivity contribution in [2.75, 3.05) is 39.5 Å². The second-order valence-corrected chi connectivity index (χ2v) is 8.27. The number of fused-ring (bicyclic) bond motifs is 2. The van der Waals surface area contributed by atoms with E-state index in [0.29, 0.717) is 26.2 Å². The van der Waals surface area contributed by atoms with E-state index >= 15 is 0 Å². The van der Waals surface area contributed by atoms with E-state index in [2.05, 4.69) is 30.9 Å². The molecule has 0 N–H and O–H groups in total. The van der Waals surface area contributed by atoms with Crippen LogP contribution in [0.15, 0.2) is 60.7 Å². The van der Waals surface area contributed by atoms with Crippen LogP contribution in [0.3, 0.4) is 0 Å². The Balaban J connectivity index is 1.34. The molecule has 0 atom stereocenters. The van der Waals surface area contributed by atoms with Gasteiger partial charge < -0.3 is 19.1 Å². The fraction of sp³-hybridized carbons (Fsp3) is 0.333. The fourth-order valence-electron chi connectivity index (χ4n) is 4.21. The number of pyridine rings is 1. The van der Waals surface area contributed by atoms with E-state index in [0.717, 1.165) is 65.2 Å². The van der Waals surface area contributed by atoms with Crippen LogP contribution in [0, 0.1) is 0 Å². The minimum absolute atomic E-state index is 0.562. The number of rotatable bonds is 9. The van der Waals surface area contributed by atoms with E-state index < -0.39 is 0 Å². The summed E-state index contributed by atoms with van der Waals surface area (Å²) < 4.78 is 19.3. The van der Waals surface area contributed by atoms with Gasteiger partial charge in [-0.3, -0.25) is 0 Å². The molecule has 0 fully saturated rings. The molecule has 5 rings (SSSR count). The number of hydrogen-bond donors (Lipinski definition) is 0. The molecule has 7 nitrogen and oxygen atoms in total. The molecule has 0 spiro atoms. The van der Waals surface area contributed by atoms with Crippen molar-refractivity contribution in [3.63, 3.8) is 0 Å². The molecule has 2 aromatic carbocycles. The summed E-state index contributed by atoms with van der Waals surface area (Å²) in [6.45, 7) is 9.16. The van der Waals surface area contributed by atoms with Crippen molar-refractivity contribution in [3.8, 4) is 28.5 Å². The third kappa shape index (κ3) is 4.84. The van der Waals surface area contributed by atoms with Crippen molar-refractivity contribution in [2.45, 2.75) is 20.3 Å². The third-order valence-electron chi connectivity index (χ3n) is 6.07. The van der Waals surface area contributed by atoms with Gasteiger partial charge in [0.25, 0.3) is 0 Å². The minimum atomic E-state index is 0.562. The minimum Gasteiger partial charge on any atom is -0.492 e. The summed E-state index contributed by atoms with van der Waals surface area (Å²) in [6, 6.07) is 20.2. The number of nitrogens with zero attached hydrogens (tertiary/aromatic N) is 4. The average molecular weight is 459 g/mol. The molecule has 0 saturated carbocycles. The SMILES string of the molecule is CCN(CC)CCOc1cccc(Cc2nc3cccc(-c4ccc5c(c4)OCCO5)n3n2)c1. The first-order valence-electron chi connectivity index (χ1n) is 11.9. The lowest BCUT2D eigenvalue weighted by atomic mass is 10.1. The molecule has 4 aromatic rings. The summed E-state index contributed by atoms with van der Waals surface area (Å²) in [6.07, 6.45) is 0.634. The van der Waals surface area contributed by atoms with Crippen LogP contribution in [0.2, 0.25) is 0 Å². The summed E-state index contributed by atoms with van der Waals surface area (Å²) in [4.78, 5) is 7.12. The average Bonchev–Trinajstić information content (AvgIpc) is 3.29. The van der Waals surface area contributed by atoms with E-state index in [4.69, 9.17) is 24.3 Å². The monoisotopic (exact) mass is 458 g/mol. The van der Waals surface area contributed by atoms with Gasteiger partial charge in [-0.2, -0.15) is 5.10 Å². The van der Waals surface area contributed by atoms with Crippen molar-refractivity contribution >= 4 is 5.65 Å². The molecule has 1 aliphatic heterocycles. The molecule has 34 heavy (non-hydrogen) atoms. The molecule has 0 radical (unpaired) electrons. The highest BCUT2D eigenvalue weighted by Crippen LogP contribution is 2.34. The summed E-state index contributed by atoms with van der Waals surface area (Å²) in [5.74, 6) is 3.19. The number of likely N-dealkylation sites (N-methyl/N-ethyl adjacent to an activating group) is 1. The smallest absolute Gasteiger partial charge is 0.162 e. The van der Waals surface area contributed by atoms with Crippen molar-refractivity contribution in [1.29, 1.82) is 0 Å². The number of hydrogen-bond acceptors (Lipinski definition) is 6. The normalized spacial score (nSPS) is 12.9. The van der Waals surface area contributed by atoms with Crippen LogP contribution in [-0.2, 0) is 6.42 Å². The molecule has 0 unspecified atom stereocenters. The van der Waals surface area contributed by atoms with E-state index in [1.165, 1.54) is 0 Å². The number of aromatic nitrogens is 3. The molecule has 0 amide bonds.